The van der Waals surface area contributed by atoms with E-state index in [0.29, 0.717) is 33.7 Å². The number of hydrogen-bond acceptors (Lipinski definition) is 8. The van der Waals surface area contributed by atoms with E-state index >= 15 is 0 Å². The number of nitrogens with zero attached hydrogens (tertiary/aromatic N) is 2. The van der Waals surface area contributed by atoms with Crippen molar-refractivity contribution in [3.05, 3.63) is 98.3 Å². The molecule has 1 aliphatic rings. The smallest absolute Gasteiger partial charge is 0.269 e. The van der Waals surface area contributed by atoms with Crippen molar-refractivity contribution in [1.29, 1.82) is 0 Å². The van der Waals surface area contributed by atoms with E-state index in [1.54, 1.807) is 49.5 Å². The molecule has 0 bridgehead atoms. The van der Waals surface area contributed by atoms with Crippen LogP contribution in [0.1, 0.15) is 28.4 Å². The molecule has 0 aliphatic carbocycles. The van der Waals surface area contributed by atoms with E-state index in [0.717, 1.165) is 0 Å². The van der Waals surface area contributed by atoms with Crippen LogP contribution in [0, 0.1) is 10.1 Å². The van der Waals surface area contributed by atoms with Crippen molar-refractivity contribution >= 4 is 28.1 Å². The lowest BCUT2D eigenvalue weighted by molar-refractivity contribution is -0.384. The summed E-state index contributed by atoms with van der Waals surface area (Å²) in [6.45, 7) is 0.0825. The van der Waals surface area contributed by atoms with Crippen molar-refractivity contribution in [2.24, 2.45) is 7.05 Å². The monoisotopic (exact) mass is 487 g/mol. The van der Waals surface area contributed by atoms with E-state index in [1.807, 2.05) is 0 Å². The number of ketones is 1. The highest BCUT2D eigenvalue weighted by Crippen LogP contribution is 2.37. The number of nitro benzene ring substituents is 1. The molecule has 1 atom stereocenters. The first-order chi connectivity index (χ1) is 17.3. The molecule has 10 heteroatoms. The van der Waals surface area contributed by atoms with Crippen molar-refractivity contribution in [2.75, 3.05) is 12.1 Å². The number of carbonyl (C=O) groups excluding carboxylic acids is 1. The highest BCUT2D eigenvalue weighted by Gasteiger charge is 2.26. The molecule has 182 valence electrons. The Hall–Kier alpha value is -4.86. The van der Waals surface area contributed by atoms with Crippen LogP contribution in [0.4, 0.5) is 11.4 Å². The summed E-state index contributed by atoms with van der Waals surface area (Å²) < 4.78 is 12.2. The molecule has 2 heterocycles. The van der Waals surface area contributed by atoms with Gasteiger partial charge in [-0.25, -0.2) is 0 Å². The number of nitro groups is 1. The minimum atomic E-state index is -0.649. The van der Waals surface area contributed by atoms with Crippen molar-refractivity contribution in [3.8, 4) is 17.2 Å². The van der Waals surface area contributed by atoms with Crippen LogP contribution in [0.5, 0.6) is 17.2 Å². The lowest BCUT2D eigenvalue weighted by Crippen LogP contribution is -2.26. The van der Waals surface area contributed by atoms with E-state index in [9.17, 15) is 24.8 Å². The molecule has 4 aromatic rings. The number of fused-ring (bicyclic) bond motifs is 2. The minimum absolute atomic E-state index is 0.0687. The Kier molecular flexibility index (Phi) is 5.77. The van der Waals surface area contributed by atoms with E-state index in [-0.39, 0.29) is 30.2 Å². The quantitative estimate of drug-likeness (QED) is 0.224. The molecule has 0 amide bonds. The van der Waals surface area contributed by atoms with Gasteiger partial charge in [0.2, 0.25) is 6.79 Å². The molecule has 0 unspecified atom stereocenters. The zero-order chi connectivity index (χ0) is 25.4. The summed E-state index contributed by atoms with van der Waals surface area (Å²) in [5.41, 5.74) is 0.742. The summed E-state index contributed by atoms with van der Waals surface area (Å²) in [5.74, 6) is 0.162. The van der Waals surface area contributed by atoms with Gasteiger partial charge in [-0.1, -0.05) is 18.2 Å². The molecule has 0 saturated heterocycles. The third-order valence-electron chi connectivity index (χ3n) is 6.16. The number of carbonyl (C=O) groups is 1. The molecule has 36 heavy (non-hydrogen) atoms. The summed E-state index contributed by atoms with van der Waals surface area (Å²) in [7, 11) is 1.55. The molecule has 0 saturated carbocycles. The number of aryl methyl sites for hydroxylation is 1. The predicted octanol–water partition coefficient (Wildman–Crippen LogP) is 4.31. The maximum Gasteiger partial charge on any atom is 0.269 e. The van der Waals surface area contributed by atoms with Crippen molar-refractivity contribution in [2.45, 2.75) is 12.5 Å². The minimum Gasteiger partial charge on any atom is -0.506 e. The highest BCUT2D eigenvalue weighted by molar-refractivity contribution is 6.03. The second kappa shape index (κ2) is 9.06. The molecule has 0 spiro atoms. The number of hydrogen-bond donors (Lipinski definition) is 2. The number of ether oxygens (including phenoxy) is 2. The SMILES string of the molecule is Cn1c(=O)c(C(=O)C[C@@H](Nc2ccc([N+](=O)[O-])cc2)c2ccc3c(c2)OCO3)c(O)c2ccccc21. The van der Waals surface area contributed by atoms with Crippen LogP contribution in [0.2, 0.25) is 0 Å². The molecular formula is C26H21N3O7. The Balaban J connectivity index is 1.53. The number of Topliss-reactive ketones (excluding diaryl/α,β-unsaturated/α-hetero) is 1. The van der Waals surface area contributed by atoms with Gasteiger partial charge in [0.25, 0.3) is 11.2 Å². The summed E-state index contributed by atoms with van der Waals surface area (Å²) in [5, 5.41) is 25.5. The fourth-order valence-electron chi connectivity index (χ4n) is 4.28. The largest absolute Gasteiger partial charge is 0.506 e. The maximum absolute atomic E-state index is 13.5. The third kappa shape index (κ3) is 4.09. The maximum atomic E-state index is 13.5. The molecule has 0 radical (unpaired) electrons. The number of nitrogens with one attached hydrogen (secondary N) is 1. The van der Waals surface area contributed by atoms with Gasteiger partial charge in [0.1, 0.15) is 11.3 Å². The first-order valence-corrected chi connectivity index (χ1v) is 11.1. The van der Waals surface area contributed by atoms with Gasteiger partial charge in [0, 0.05) is 36.7 Å². The van der Waals surface area contributed by atoms with Crippen LogP contribution in [-0.2, 0) is 7.05 Å². The first kappa shape index (κ1) is 22.9. The van der Waals surface area contributed by atoms with Gasteiger partial charge in [0.05, 0.1) is 16.5 Å². The lowest BCUT2D eigenvalue weighted by atomic mass is 9.96. The fraction of sp³-hybridized carbons (Fsp3) is 0.154. The van der Waals surface area contributed by atoms with Crippen LogP contribution in [0.25, 0.3) is 10.9 Å². The highest BCUT2D eigenvalue weighted by atomic mass is 16.7. The van der Waals surface area contributed by atoms with Crippen LogP contribution >= 0.6 is 0 Å². The van der Waals surface area contributed by atoms with Gasteiger partial charge in [-0.15, -0.1) is 0 Å². The van der Waals surface area contributed by atoms with Gasteiger partial charge >= 0.3 is 0 Å². The Morgan fingerprint density at radius 1 is 1.11 bits per heavy atom. The number of rotatable bonds is 7. The number of anilines is 1. The Morgan fingerprint density at radius 2 is 1.83 bits per heavy atom. The van der Waals surface area contributed by atoms with Crippen molar-refractivity contribution in [3.63, 3.8) is 0 Å². The predicted molar refractivity (Wildman–Crippen MR) is 132 cm³/mol. The van der Waals surface area contributed by atoms with E-state index in [1.165, 1.54) is 28.8 Å². The fourth-order valence-corrected chi connectivity index (χ4v) is 4.28. The molecule has 1 aromatic heterocycles. The second-order valence-electron chi connectivity index (χ2n) is 8.35. The molecule has 0 fully saturated rings. The topological polar surface area (TPSA) is 133 Å². The summed E-state index contributed by atoms with van der Waals surface area (Å²) >= 11 is 0. The number of non-ortho nitro benzene ring substituents is 1. The Morgan fingerprint density at radius 3 is 2.58 bits per heavy atom. The summed E-state index contributed by atoms with van der Waals surface area (Å²) in [6, 6.07) is 17.1. The second-order valence-corrected chi connectivity index (χ2v) is 8.35. The van der Waals surface area contributed by atoms with Crippen LogP contribution in [0.15, 0.2) is 71.5 Å². The van der Waals surface area contributed by atoms with Gasteiger partial charge < -0.3 is 24.5 Å². The molecule has 5 rings (SSSR count). The Labute approximate surface area is 204 Å². The normalized spacial score (nSPS) is 12.9. The van der Waals surface area contributed by atoms with E-state index < -0.39 is 22.3 Å². The number of para-hydroxylation sites is 1. The van der Waals surface area contributed by atoms with Crippen molar-refractivity contribution in [1.82, 2.24) is 4.57 Å². The van der Waals surface area contributed by atoms with Crippen molar-refractivity contribution < 1.29 is 24.3 Å². The zero-order valence-corrected chi connectivity index (χ0v) is 19.1. The molecule has 2 N–H and O–H groups in total. The van der Waals surface area contributed by atoms with Crippen LogP contribution < -0.4 is 20.3 Å². The van der Waals surface area contributed by atoms with Gasteiger partial charge in [-0.3, -0.25) is 19.7 Å². The molecule has 3 aromatic carbocycles. The number of pyridine rings is 1. The van der Waals surface area contributed by atoms with Crippen LogP contribution in [-0.4, -0.2) is 27.2 Å². The zero-order valence-electron chi connectivity index (χ0n) is 19.1. The number of aromatic hydroxyl groups is 1. The molecule has 10 nitrogen and oxygen atoms in total. The average Bonchev–Trinajstić information content (AvgIpc) is 3.35. The Bertz CT molecular complexity index is 1560. The van der Waals surface area contributed by atoms with Gasteiger partial charge in [0.15, 0.2) is 17.3 Å². The van der Waals surface area contributed by atoms with Gasteiger partial charge in [-0.05, 0) is 42.0 Å². The van der Waals surface area contributed by atoms with Crippen LogP contribution in [0.3, 0.4) is 0 Å². The lowest BCUT2D eigenvalue weighted by Gasteiger charge is -2.21. The third-order valence-corrected chi connectivity index (χ3v) is 6.16. The molecule has 1 aliphatic heterocycles. The van der Waals surface area contributed by atoms with E-state index in [2.05, 4.69) is 5.32 Å². The number of benzene rings is 3. The summed E-state index contributed by atoms with van der Waals surface area (Å²) in [4.78, 5) is 37.0. The first-order valence-electron chi connectivity index (χ1n) is 11.1. The standard InChI is InChI=1S/C26H21N3O7/c1-28-20-5-3-2-4-18(20)25(31)24(26(28)32)21(30)13-19(15-6-11-22-23(12-15)36-14-35-22)27-16-7-9-17(10-8-16)29(33)34/h2-12,19,27,31H,13-14H2,1H3/t19-/m1/s1. The molecular weight excluding hydrogens is 466 g/mol. The van der Waals surface area contributed by atoms with E-state index in [4.69, 9.17) is 9.47 Å². The van der Waals surface area contributed by atoms with Gasteiger partial charge in [-0.2, -0.15) is 0 Å². The average molecular weight is 487 g/mol. The summed E-state index contributed by atoms with van der Waals surface area (Å²) in [6.07, 6.45) is -0.183. The number of aromatic nitrogens is 1.